The maximum absolute atomic E-state index is 12.7. The van der Waals surface area contributed by atoms with Gasteiger partial charge in [0.15, 0.2) is 10.9 Å². The molecule has 0 aliphatic heterocycles. The summed E-state index contributed by atoms with van der Waals surface area (Å²) in [6.07, 6.45) is -1.75. The summed E-state index contributed by atoms with van der Waals surface area (Å²) in [6, 6.07) is -1.78. The first-order chi connectivity index (χ1) is 8.36. The molecule has 2 rings (SSSR count). The highest BCUT2D eigenvalue weighted by Crippen LogP contribution is 2.37. The summed E-state index contributed by atoms with van der Waals surface area (Å²) in [7, 11) is 1.32. The molecule has 0 aromatic carbocycles. The van der Waals surface area contributed by atoms with E-state index in [1.54, 1.807) is 0 Å². The van der Waals surface area contributed by atoms with Crippen molar-refractivity contribution in [3.05, 3.63) is 17.5 Å². The molecule has 0 N–H and O–H groups in total. The van der Waals surface area contributed by atoms with Crippen LogP contribution in [0.2, 0.25) is 5.15 Å². The first-order valence-corrected chi connectivity index (χ1v) is 5.36. The minimum absolute atomic E-state index is 0.00104. The summed E-state index contributed by atoms with van der Waals surface area (Å²) in [4.78, 5) is 3.82. The van der Waals surface area contributed by atoms with Gasteiger partial charge < -0.3 is 4.74 Å². The number of pyridine rings is 1. The Morgan fingerprint density at radius 3 is 2.61 bits per heavy atom. The second kappa shape index (κ2) is 4.31. The Bertz CT molecular complexity index is 581. The third-order valence-corrected chi connectivity index (χ3v) is 2.86. The minimum atomic E-state index is -4.40. The van der Waals surface area contributed by atoms with Gasteiger partial charge >= 0.3 is 6.18 Å². The third-order valence-electron chi connectivity index (χ3n) is 2.59. The highest BCUT2D eigenvalue weighted by Gasteiger charge is 2.39. The van der Waals surface area contributed by atoms with Gasteiger partial charge in [0.25, 0.3) is 0 Å². The van der Waals surface area contributed by atoms with Crippen LogP contribution in [0, 0.1) is 0 Å². The lowest BCUT2D eigenvalue weighted by molar-refractivity contribution is -0.164. The van der Waals surface area contributed by atoms with Crippen LogP contribution in [0.5, 0.6) is 5.75 Å². The molecule has 0 bridgehead atoms. The van der Waals surface area contributed by atoms with Crippen molar-refractivity contribution >= 4 is 22.5 Å². The van der Waals surface area contributed by atoms with Crippen molar-refractivity contribution in [1.82, 2.24) is 14.8 Å². The van der Waals surface area contributed by atoms with E-state index in [1.807, 2.05) is 0 Å². The Labute approximate surface area is 105 Å². The van der Waals surface area contributed by atoms with Crippen molar-refractivity contribution in [3.63, 3.8) is 0 Å². The van der Waals surface area contributed by atoms with Crippen LogP contribution in [-0.2, 0) is 0 Å². The average molecular weight is 280 g/mol. The van der Waals surface area contributed by atoms with Gasteiger partial charge in [0.05, 0.1) is 13.3 Å². The Morgan fingerprint density at radius 1 is 1.39 bits per heavy atom. The molecule has 1 atom stereocenters. The number of hydrogen-bond acceptors (Lipinski definition) is 3. The van der Waals surface area contributed by atoms with E-state index in [0.29, 0.717) is 5.39 Å². The van der Waals surface area contributed by atoms with Crippen molar-refractivity contribution in [2.45, 2.75) is 19.1 Å². The Kier molecular flexibility index (Phi) is 3.10. The molecule has 2 aromatic heterocycles. The fourth-order valence-electron chi connectivity index (χ4n) is 1.60. The molecule has 0 radical (unpaired) electrons. The molecule has 0 aliphatic rings. The average Bonchev–Trinajstić information content (AvgIpc) is 2.70. The van der Waals surface area contributed by atoms with Crippen LogP contribution in [0.4, 0.5) is 13.2 Å². The molecule has 2 aromatic rings. The number of hydrogen-bond donors (Lipinski definition) is 0. The maximum Gasteiger partial charge on any atom is 0.410 e. The highest BCUT2D eigenvalue weighted by molar-refractivity contribution is 6.31. The number of methoxy groups -OCH3 is 1. The predicted octanol–water partition coefficient (Wildman–Crippen LogP) is 3.22. The lowest BCUT2D eigenvalue weighted by atomic mass is 10.3. The standard InChI is InChI=1S/C10H9ClF3N3O/c1-5(10(12,13)14)17-7-6(4-16-17)3-15-9(11)8(7)18-2/h3-5H,1-2H3. The van der Waals surface area contributed by atoms with Crippen LogP contribution in [-0.4, -0.2) is 28.1 Å². The fraction of sp³-hybridized carbons (Fsp3) is 0.400. The van der Waals surface area contributed by atoms with Gasteiger partial charge in [0.2, 0.25) is 0 Å². The SMILES string of the molecule is COc1c(Cl)ncc2cnn(C(C)C(F)(F)F)c12. The predicted molar refractivity (Wildman–Crippen MR) is 59.9 cm³/mol. The molecule has 8 heteroatoms. The van der Waals surface area contributed by atoms with E-state index < -0.39 is 12.2 Å². The van der Waals surface area contributed by atoms with Crippen molar-refractivity contribution in [2.75, 3.05) is 7.11 Å². The lowest BCUT2D eigenvalue weighted by Crippen LogP contribution is -2.24. The molecule has 0 amide bonds. The van der Waals surface area contributed by atoms with E-state index in [-0.39, 0.29) is 16.4 Å². The van der Waals surface area contributed by atoms with Crippen LogP contribution < -0.4 is 4.74 Å². The van der Waals surface area contributed by atoms with Crippen LogP contribution in [0.25, 0.3) is 10.9 Å². The first kappa shape index (κ1) is 12.9. The zero-order valence-electron chi connectivity index (χ0n) is 9.49. The summed E-state index contributed by atoms with van der Waals surface area (Å²) in [6.45, 7) is 1.01. The molecule has 18 heavy (non-hydrogen) atoms. The van der Waals surface area contributed by atoms with E-state index in [4.69, 9.17) is 16.3 Å². The van der Waals surface area contributed by atoms with Crippen molar-refractivity contribution in [1.29, 1.82) is 0 Å². The largest absolute Gasteiger partial charge is 0.491 e. The molecule has 0 aliphatic carbocycles. The van der Waals surface area contributed by atoms with Gasteiger partial charge in [-0.2, -0.15) is 18.3 Å². The second-order valence-electron chi connectivity index (χ2n) is 3.69. The molecule has 0 spiro atoms. The molecular formula is C10H9ClF3N3O. The van der Waals surface area contributed by atoms with Crippen LogP contribution in [0.15, 0.2) is 12.4 Å². The first-order valence-electron chi connectivity index (χ1n) is 4.98. The number of alkyl halides is 3. The van der Waals surface area contributed by atoms with E-state index >= 15 is 0 Å². The molecule has 2 heterocycles. The number of fused-ring (bicyclic) bond motifs is 1. The summed E-state index contributed by atoms with van der Waals surface area (Å²) < 4.78 is 44.0. The van der Waals surface area contributed by atoms with E-state index in [2.05, 4.69) is 10.1 Å². The zero-order valence-corrected chi connectivity index (χ0v) is 10.2. The van der Waals surface area contributed by atoms with Crippen molar-refractivity contribution < 1.29 is 17.9 Å². The van der Waals surface area contributed by atoms with Crippen molar-refractivity contribution in [2.24, 2.45) is 0 Å². The summed E-state index contributed by atoms with van der Waals surface area (Å²) in [5.41, 5.74) is 0.183. The lowest BCUT2D eigenvalue weighted by Gasteiger charge is -2.18. The van der Waals surface area contributed by atoms with E-state index in [0.717, 1.165) is 11.6 Å². The monoisotopic (exact) mass is 279 g/mol. The van der Waals surface area contributed by atoms with Gasteiger partial charge in [-0.3, -0.25) is 0 Å². The summed E-state index contributed by atoms with van der Waals surface area (Å²) in [5.74, 6) is 0.0859. The van der Waals surface area contributed by atoms with Gasteiger partial charge in [0, 0.05) is 11.6 Å². The topological polar surface area (TPSA) is 39.9 Å². The number of aromatic nitrogens is 3. The van der Waals surface area contributed by atoms with E-state index in [9.17, 15) is 13.2 Å². The van der Waals surface area contributed by atoms with Gasteiger partial charge in [-0.1, -0.05) is 11.6 Å². The Hall–Kier alpha value is -1.50. The quantitative estimate of drug-likeness (QED) is 0.793. The second-order valence-corrected chi connectivity index (χ2v) is 4.05. The Balaban J connectivity index is 2.70. The summed E-state index contributed by atoms with van der Waals surface area (Å²) in [5, 5.41) is 4.17. The van der Waals surface area contributed by atoms with Crippen molar-refractivity contribution in [3.8, 4) is 5.75 Å². The van der Waals surface area contributed by atoms with Crippen LogP contribution >= 0.6 is 11.6 Å². The highest BCUT2D eigenvalue weighted by atomic mass is 35.5. The number of ether oxygens (including phenoxy) is 1. The summed E-state index contributed by atoms with van der Waals surface area (Å²) >= 11 is 5.79. The normalized spacial score (nSPS) is 13.9. The van der Waals surface area contributed by atoms with Gasteiger partial charge in [0.1, 0.15) is 11.6 Å². The molecule has 1 unspecified atom stereocenters. The van der Waals surface area contributed by atoms with E-state index in [1.165, 1.54) is 19.5 Å². The third kappa shape index (κ3) is 1.98. The maximum atomic E-state index is 12.7. The zero-order chi connectivity index (χ0) is 13.5. The van der Waals surface area contributed by atoms with Gasteiger partial charge in [-0.25, -0.2) is 9.67 Å². The molecular weight excluding hydrogens is 271 g/mol. The Morgan fingerprint density at radius 2 is 2.06 bits per heavy atom. The fourth-order valence-corrected chi connectivity index (χ4v) is 1.82. The molecule has 4 nitrogen and oxygen atoms in total. The molecule has 0 fully saturated rings. The smallest absolute Gasteiger partial charge is 0.410 e. The van der Waals surface area contributed by atoms with Crippen LogP contribution in [0.3, 0.4) is 0 Å². The molecule has 98 valence electrons. The minimum Gasteiger partial charge on any atom is -0.491 e. The van der Waals surface area contributed by atoms with Gasteiger partial charge in [-0.15, -0.1) is 0 Å². The number of halogens is 4. The number of nitrogens with zero attached hydrogens (tertiary/aromatic N) is 3. The van der Waals surface area contributed by atoms with Crippen LogP contribution in [0.1, 0.15) is 13.0 Å². The number of rotatable bonds is 2. The van der Waals surface area contributed by atoms with Gasteiger partial charge in [-0.05, 0) is 6.92 Å². The molecule has 0 saturated carbocycles. The molecule has 0 saturated heterocycles.